The molecule has 0 saturated heterocycles. The second-order valence-electron chi connectivity index (χ2n) is 7.06. The number of nitrogens with zero attached hydrogens (tertiary/aromatic N) is 1. The highest BCUT2D eigenvalue weighted by Gasteiger charge is 2.25. The molecule has 9 nitrogen and oxygen atoms in total. The van der Waals surface area contributed by atoms with E-state index in [-0.39, 0.29) is 48.5 Å². The van der Waals surface area contributed by atoms with Crippen LogP contribution >= 0.6 is 12.2 Å². The van der Waals surface area contributed by atoms with E-state index in [0.717, 1.165) is 0 Å². The van der Waals surface area contributed by atoms with Gasteiger partial charge < -0.3 is 37.6 Å². The van der Waals surface area contributed by atoms with Gasteiger partial charge in [0.05, 0.1) is 12.5 Å². The van der Waals surface area contributed by atoms with Crippen molar-refractivity contribution < 1.29 is 18.4 Å². The van der Waals surface area contributed by atoms with Gasteiger partial charge in [-0.25, -0.2) is 8.78 Å². The molecule has 0 aromatic heterocycles. The zero-order valence-corrected chi connectivity index (χ0v) is 18.6. The fourth-order valence-electron chi connectivity index (χ4n) is 3.15. The second kappa shape index (κ2) is 12.3. The summed E-state index contributed by atoms with van der Waals surface area (Å²) in [6, 6.07) is 2.36. The van der Waals surface area contributed by atoms with Crippen LogP contribution in [-0.4, -0.2) is 55.8 Å². The summed E-state index contributed by atoms with van der Waals surface area (Å²) in [7, 11) is 1.55. The summed E-state index contributed by atoms with van der Waals surface area (Å²) in [5.41, 5.74) is 20.3. The summed E-state index contributed by atoms with van der Waals surface area (Å²) in [6.07, 6.45) is 3.37. The molecule has 1 aliphatic rings. The van der Waals surface area contributed by atoms with E-state index in [0.29, 0.717) is 24.2 Å². The average molecular weight is 470 g/mol. The van der Waals surface area contributed by atoms with Crippen LogP contribution in [0.1, 0.15) is 12.0 Å². The number of hydrogen-bond donors (Lipinski definition) is 6. The van der Waals surface area contributed by atoms with Crippen LogP contribution in [0.5, 0.6) is 0 Å². The number of carbonyl (C=O) groups excluding carboxylic acids is 1. The summed E-state index contributed by atoms with van der Waals surface area (Å²) in [5.74, 6) is -2.03. The summed E-state index contributed by atoms with van der Waals surface area (Å²) in [5, 5.41) is 5.60. The number of anilines is 1. The van der Waals surface area contributed by atoms with Gasteiger partial charge in [-0.2, -0.15) is 5.48 Å². The molecule has 2 rings (SSSR count). The lowest BCUT2D eigenvalue weighted by molar-refractivity contribution is -0.134. The van der Waals surface area contributed by atoms with Gasteiger partial charge in [-0.15, -0.1) is 0 Å². The lowest BCUT2D eigenvalue weighted by atomic mass is 9.97. The number of thiocarbonyl (C=S) groups is 1. The standard InChI is InChI=1S/C20H29F2N7O2S/c1-26-31-20(32)28-11-14(25)10-27-15-6-16(21)18(17(22)7-15)12-2-4-29(5-3-12)19(30)13(8-23)9-24/h2,6-7,10,13,26-27H,3-5,8-9,11,23-25H2,1H3,(H,28,32)/b14-10-. The van der Waals surface area contributed by atoms with E-state index >= 15 is 0 Å². The van der Waals surface area contributed by atoms with Crippen LogP contribution in [0, 0.1) is 17.6 Å². The molecule has 1 aliphatic heterocycles. The number of hydroxylamine groups is 1. The predicted octanol–water partition coefficient (Wildman–Crippen LogP) is 0.352. The quantitative estimate of drug-likeness (QED) is 0.223. The summed E-state index contributed by atoms with van der Waals surface area (Å²) in [4.78, 5) is 18.8. The summed E-state index contributed by atoms with van der Waals surface area (Å²) >= 11 is 4.87. The highest BCUT2D eigenvalue weighted by Crippen LogP contribution is 2.30. The zero-order valence-electron chi connectivity index (χ0n) is 17.8. The molecule has 9 N–H and O–H groups in total. The topological polar surface area (TPSA) is 144 Å². The third-order valence-electron chi connectivity index (χ3n) is 4.86. The Morgan fingerprint density at radius 1 is 1.31 bits per heavy atom. The second-order valence-corrected chi connectivity index (χ2v) is 7.43. The number of amides is 1. The third-order valence-corrected chi connectivity index (χ3v) is 5.09. The van der Waals surface area contributed by atoms with Crippen LogP contribution in [0.15, 0.2) is 30.1 Å². The van der Waals surface area contributed by atoms with Crippen molar-refractivity contribution in [2.24, 2.45) is 23.1 Å². The normalized spacial score (nSPS) is 14.2. The van der Waals surface area contributed by atoms with E-state index < -0.39 is 17.6 Å². The van der Waals surface area contributed by atoms with Gasteiger partial charge in [0.25, 0.3) is 5.17 Å². The predicted molar refractivity (Wildman–Crippen MR) is 124 cm³/mol. The Bertz CT molecular complexity index is 868. The Kier molecular flexibility index (Phi) is 9.78. The van der Waals surface area contributed by atoms with E-state index in [2.05, 4.69) is 16.1 Å². The number of hydrogen-bond acceptors (Lipinski definition) is 8. The molecule has 1 heterocycles. The molecule has 176 valence electrons. The van der Waals surface area contributed by atoms with Crippen molar-refractivity contribution >= 4 is 34.6 Å². The lowest BCUT2D eigenvalue weighted by Gasteiger charge is -2.29. The van der Waals surface area contributed by atoms with Crippen molar-refractivity contribution in [2.75, 3.05) is 45.1 Å². The Morgan fingerprint density at radius 3 is 2.50 bits per heavy atom. The smallest absolute Gasteiger partial charge is 0.278 e. The van der Waals surface area contributed by atoms with Crippen molar-refractivity contribution in [1.29, 1.82) is 0 Å². The van der Waals surface area contributed by atoms with Gasteiger partial charge in [-0.3, -0.25) is 4.79 Å². The van der Waals surface area contributed by atoms with Crippen molar-refractivity contribution in [3.8, 4) is 0 Å². The van der Waals surface area contributed by atoms with E-state index in [1.165, 1.54) is 18.3 Å². The van der Waals surface area contributed by atoms with Crippen LogP contribution in [-0.2, 0) is 9.63 Å². The molecule has 0 radical (unpaired) electrons. The molecule has 0 unspecified atom stereocenters. The highest BCUT2D eigenvalue weighted by molar-refractivity contribution is 7.80. The van der Waals surface area contributed by atoms with Crippen molar-refractivity contribution in [3.05, 3.63) is 47.3 Å². The number of rotatable bonds is 9. The molecular formula is C20H29F2N7O2S. The van der Waals surface area contributed by atoms with E-state index in [4.69, 9.17) is 34.3 Å². The van der Waals surface area contributed by atoms with Gasteiger partial charge in [0, 0.05) is 56.4 Å². The minimum Gasteiger partial charge on any atom is -0.399 e. The molecule has 0 atom stereocenters. The number of nitrogens with two attached hydrogens (primary N) is 3. The SMILES string of the molecule is CNOC(=S)NC/C(N)=C/Nc1cc(F)c(C2=CCN(C(=O)C(CN)CN)CC2)c(F)c1. The first kappa shape index (κ1) is 25.5. The maximum Gasteiger partial charge on any atom is 0.278 e. The van der Waals surface area contributed by atoms with Gasteiger partial charge in [-0.1, -0.05) is 6.08 Å². The molecule has 32 heavy (non-hydrogen) atoms. The Labute approximate surface area is 191 Å². The summed E-state index contributed by atoms with van der Waals surface area (Å²) < 4.78 is 29.4. The first-order chi connectivity index (χ1) is 15.3. The van der Waals surface area contributed by atoms with Crippen molar-refractivity contribution in [2.45, 2.75) is 6.42 Å². The molecule has 0 saturated carbocycles. The fourth-order valence-corrected chi connectivity index (χ4v) is 3.30. The first-order valence-electron chi connectivity index (χ1n) is 10.0. The Balaban J connectivity index is 2.04. The van der Waals surface area contributed by atoms with Gasteiger partial charge in [0.1, 0.15) is 11.6 Å². The molecule has 1 amide bonds. The van der Waals surface area contributed by atoms with Crippen LogP contribution in [0.4, 0.5) is 14.5 Å². The number of nitrogens with one attached hydrogen (secondary N) is 3. The fraction of sp³-hybridized carbons (Fsp3) is 0.400. The van der Waals surface area contributed by atoms with E-state index in [9.17, 15) is 13.6 Å². The Hall–Kier alpha value is -2.80. The summed E-state index contributed by atoms with van der Waals surface area (Å²) in [6.45, 7) is 1.07. The molecule has 1 aromatic rings. The average Bonchev–Trinajstić information content (AvgIpc) is 2.77. The van der Waals surface area contributed by atoms with Crippen LogP contribution in [0.2, 0.25) is 0 Å². The molecule has 0 aliphatic carbocycles. The number of carbonyl (C=O) groups is 1. The van der Waals surface area contributed by atoms with Gasteiger partial charge >= 0.3 is 0 Å². The molecular weight excluding hydrogens is 440 g/mol. The molecule has 1 aromatic carbocycles. The van der Waals surface area contributed by atoms with Gasteiger partial charge in [0.2, 0.25) is 5.91 Å². The molecule has 0 bridgehead atoms. The molecule has 12 heteroatoms. The number of benzene rings is 1. The molecule has 0 fully saturated rings. The van der Waals surface area contributed by atoms with Crippen molar-refractivity contribution in [3.63, 3.8) is 0 Å². The lowest BCUT2D eigenvalue weighted by Crippen LogP contribution is -2.44. The minimum atomic E-state index is -0.714. The number of halogens is 2. The minimum absolute atomic E-state index is 0.105. The van der Waals surface area contributed by atoms with Crippen LogP contribution in [0.3, 0.4) is 0 Å². The zero-order chi connectivity index (χ0) is 23.7. The maximum atomic E-state index is 14.7. The monoisotopic (exact) mass is 469 g/mol. The van der Waals surface area contributed by atoms with Gasteiger partial charge in [-0.05, 0) is 36.3 Å². The Morgan fingerprint density at radius 2 is 1.97 bits per heavy atom. The highest BCUT2D eigenvalue weighted by atomic mass is 32.1. The molecule has 0 spiro atoms. The van der Waals surface area contributed by atoms with Crippen molar-refractivity contribution in [1.82, 2.24) is 15.7 Å². The third kappa shape index (κ3) is 6.85. The van der Waals surface area contributed by atoms with E-state index in [1.54, 1.807) is 18.0 Å². The first-order valence-corrected chi connectivity index (χ1v) is 10.4. The maximum absolute atomic E-state index is 14.7. The van der Waals surface area contributed by atoms with Crippen LogP contribution in [0.25, 0.3) is 5.57 Å². The van der Waals surface area contributed by atoms with Crippen LogP contribution < -0.4 is 33.3 Å². The largest absolute Gasteiger partial charge is 0.399 e. The van der Waals surface area contributed by atoms with E-state index in [1.807, 2.05) is 0 Å². The van der Waals surface area contributed by atoms with Gasteiger partial charge in [0.15, 0.2) is 0 Å².